The zero-order chi connectivity index (χ0) is 23.7. The number of rotatable bonds is 12. The van der Waals surface area contributed by atoms with E-state index >= 15 is 0 Å². The Balaban J connectivity index is 1.93. The SMILES string of the molecule is C=C(C)C(=O)OCC(O)COc1ccc(C(C)(C)c2ccc(OCC(O)CC)cc2)cc1. The number of carbonyl (C=O) groups is 1. The molecule has 0 aliphatic heterocycles. The molecule has 2 atom stereocenters. The summed E-state index contributed by atoms with van der Waals surface area (Å²) in [6, 6.07) is 15.6. The third-order valence-electron chi connectivity index (χ3n) is 5.26. The van der Waals surface area contributed by atoms with Crippen molar-refractivity contribution in [3.8, 4) is 11.5 Å². The second-order valence-corrected chi connectivity index (χ2v) is 8.39. The standard InChI is InChI=1S/C26H34O6/c1-6-21(27)15-30-23-11-7-19(8-12-23)26(4,5)20-9-13-24(14-10-20)31-16-22(28)17-32-25(29)18(2)3/h7-14,21-22,27-28H,2,6,15-17H2,1,3-5H3. The highest BCUT2D eigenvalue weighted by Crippen LogP contribution is 2.33. The average Bonchev–Trinajstić information content (AvgIpc) is 2.79. The molecule has 2 N–H and O–H groups in total. The van der Waals surface area contributed by atoms with Crippen LogP contribution in [0.3, 0.4) is 0 Å². The Kier molecular flexibility index (Phi) is 9.29. The van der Waals surface area contributed by atoms with Crippen LogP contribution < -0.4 is 9.47 Å². The van der Waals surface area contributed by atoms with Gasteiger partial charge in [0.1, 0.15) is 37.4 Å². The van der Waals surface area contributed by atoms with Crippen molar-refractivity contribution in [1.82, 2.24) is 0 Å². The van der Waals surface area contributed by atoms with Crippen molar-refractivity contribution in [2.45, 2.75) is 51.7 Å². The topological polar surface area (TPSA) is 85.2 Å². The molecule has 0 heterocycles. The summed E-state index contributed by atoms with van der Waals surface area (Å²) in [5.74, 6) is 0.815. The second-order valence-electron chi connectivity index (χ2n) is 8.39. The molecule has 0 saturated heterocycles. The van der Waals surface area contributed by atoms with Crippen molar-refractivity contribution in [2.24, 2.45) is 0 Å². The van der Waals surface area contributed by atoms with E-state index in [0.717, 1.165) is 16.9 Å². The number of hydrogen-bond donors (Lipinski definition) is 2. The van der Waals surface area contributed by atoms with Crippen LogP contribution in [-0.2, 0) is 14.9 Å². The van der Waals surface area contributed by atoms with Gasteiger partial charge in [0.05, 0.1) is 6.10 Å². The number of hydrogen-bond acceptors (Lipinski definition) is 6. The molecular weight excluding hydrogens is 408 g/mol. The van der Waals surface area contributed by atoms with Gasteiger partial charge in [-0.3, -0.25) is 0 Å². The molecule has 0 amide bonds. The van der Waals surface area contributed by atoms with E-state index in [4.69, 9.17) is 14.2 Å². The molecule has 2 aromatic rings. The Labute approximate surface area is 190 Å². The fourth-order valence-corrected chi connectivity index (χ4v) is 2.95. The molecule has 0 fully saturated rings. The van der Waals surface area contributed by atoms with E-state index in [0.29, 0.717) is 12.2 Å². The normalized spacial score (nSPS) is 13.2. The fraction of sp³-hybridized carbons (Fsp3) is 0.423. The quantitative estimate of drug-likeness (QED) is 0.381. The molecule has 2 aromatic carbocycles. The van der Waals surface area contributed by atoms with Crippen LogP contribution in [0.2, 0.25) is 0 Å². The molecule has 2 rings (SSSR count). The van der Waals surface area contributed by atoms with Gasteiger partial charge in [-0.2, -0.15) is 0 Å². The van der Waals surface area contributed by atoms with E-state index in [9.17, 15) is 15.0 Å². The smallest absolute Gasteiger partial charge is 0.333 e. The first kappa shape index (κ1) is 25.4. The van der Waals surface area contributed by atoms with Crippen molar-refractivity contribution in [3.63, 3.8) is 0 Å². The maximum atomic E-state index is 11.4. The van der Waals surface area contributed by atoms with E-state index < -0.39 is 18.2 Å². The Morgan fingerprint density at radius 2 is 1.31 bits per heavy atom. The maximum Gasteiger partial charge on any atom is 0.333 e. The summed E-state index contributed by atoms with van der Waals surface area (Å²) < 4.78 is 16.1. The zero-order valence-electron chi connectivity index (χ0n) is 19.3. The minimum atomic E-state index is -0.923. The van der Waals surface area contributed by atoms with Gasteiger partial charge in [-0.25, -0.2) is 4.79 Å². The van der Waals surface area contributed by atoms with E-state index in [1.54, 1.807) is 6.92 Å². The van der Waals surface area contributed by atoms with Gasteiger partial charge >= 0.3 is 5.97 Å². The molecule has 0 aromatic heterocycles. The summed E-state index contributed by atoms with van der Waals surface area (Å²) in [6.45, 7) is 11.4. The van der Waals surface area contributed by atoms with Gasteiger partial charge in [-0.05, 0) is 48.7 Å². The predicted molar refractivity (Wildman–Crippen MR) is 124 cm³/mol. The van der Waals surface area contributed by atoms with Crippen molar-refractivity contribution in [2.75, 3.05) is 19.8 Å². The highest BCUT2D eigenvalue weighted by molar-refractivity contribution is 5.86. The molecule has 6 heteroatoms. The van der Waals surface area contributed by atoms with Crippen molar-refractivity contribution in [3.05, 3.63) is 71.8 Å². The summed E-state index contributed by atoms with van der Waals surface area (Å²) in [6.07, 6.45) is -0.723. The number of aliphatic hydroxyl groups is 2. The first-order valence-corrected chi connectivity index (χ1v) is 10.8. The van der Waals surface area contributed by atoms with Gasteiger partial charge in [-0.1, -0.05) is 51.6 Å². The van der Waals surface area contributed by atoms with Gasteiger partial charge in [0.25, 0.3) is 0 Å². The first-order chi connectivity index (χ1) is 15.1. The monoisotopic (exact) mass is 442 g/mol. The molecule has 6 nitrogen and oxygen atoms in total. The minimum Gasteiger partial charge on any atom is -0.491 e. The summed E-state index contributed by atoms with van der Waals surface area (Å²) in [4.78, 5) is 11.4. The Morgan fingerprint density at radius 3 is 1.72 bits per heavy atom. The van der Waals surface area contributed by atoms with Gasteiger partial charge in [0, 0.05) is 11.0 Å². The third-order valence-corrected chi connectivity index (χ3v) is 5.26. The zero-order valence-corrected chi connectivity index (χ0v) is 19.3. The lowest BCUT2D eigenvalue weighted by Gasteiger charge is -2.26. The van der Waals surface area contributed by atoms with Gasteiger partial charge in [-0.15, -0.1) is 0 Å². The van der Waals surface area contributed by atoms with Gasteiger partial charge in [0.15, 0.2) is 0 Å². The number of ether oxygens (including phenoxy) is 3. The summed E-state index contributed by atoms with van der Waals surface area (Å²) in [5, 5.41) is 19.6. The van der Waals surface area contributed by atoms with Crippen LogP contribution in [-0.4, -0.2) is 48.2 Å². The lowest BCUT2D eigenvalue weighted by Crippen LogP contribution is -2.25. The summed E-state index contributed by atoms with van der Waals surface area (Å²) >= 11 is 0. The average molecular weight is 443 g/mol. The number of benzene rings is 2. The molecular formula is C26H34O6. The molecule has 0 bridgehead atoms. The highest BCUT2D eigenvalue weighted by Gasteiger charge is 2.23. The van der Waals surface area contributed by atoms with E-state index in [2.05, 4.69) is 20.4 Å². The van der Waals surface area contributed by atoms with Crippen LogP contribution in [0.25, 0.3) is 0 Å². The molecule has 0 saturated carbocycles. The number of carbonyl (C=O) groups excluding carboxylic acids is 1. The Bertz CT molecular complexity index is 870. The lowest BCUT2D eigenvalue weighted by molar-refractivity contribution is -0.142. The fourth-order valence-electron chi connectivity index (χ4n) is 2.95. The summed E-state index contributed by atoms with van der Waals surface area (Å²) in [5.41, 5.74) is 2.28. The first-order valence-electron chi connectivity index (χ1n) is 10.8. The molecule has 174 valence electrons. The van der Waals surface area contributed by atoms with Crippen LogP contribution >= 0.6 is 0 Å². The van der Waals surface area contributed by atoms with Crippen LogP contribution in [0.4, 0.5) is 0 Å². The molecule has 0 aliphatic carbocycles. The molecule has 0 radical (unpaired) electrons. The van der Waals surface area contributed by atoms with Gasteiger partial charge in [0.2, 0.25) is 0 Å². The highest BCUT2D eigenvalue weighted by atomic mass is 16.5. The molecule has 0 spiro atoms. The largest absolute Gasteiger partial charge is 0.491 e. The van der Waals surface area contributed by atoms with E-state index in [-0.39, 0.29) is 30.8 Å². The van der Waals surface area contributed by atoms with E-state index in [1.807, 2.05) is 55.5 Å². The number of esters is 1. The molecule has 32 heavy (non-hydrogen) atoms. The van der Waals surface area contributed by atoms with Gasteiger partial charge < -0.3 is 24.4 Å². The summed E-state index contributed by atoms with van der Waals surface area (Å²) in [7, 11) is 0. The van der Waals surface area contributed by atoms with Crippen LogP contribution in [0.1, 0.15) is 45.2 Å². The van der Waals surface area contributed by atoms with Crippen LogP contribution in [0, 0.1) is 0 Å². The maximum absolute atomic E-state index is 11.4. The molecule has 0 aliphatic rings. The van der Waals surface area contributed by atoms with E-state index in [1.165, 1.54) is 0 Å². The Hall–Kier alpha value is -2.83. The van der Waals surface area contributed by atoms with Crippen molar-refractivity contribution < 1.29 is 29.2 Å². The minimum absolute atomic E-state index is 0.0143. The third kappa shape index (κ3) is 7.39. The second kappa shape index (κ2) is 11.7. The van der Waals surface area contributed by atoms with Crippen molar-refractivity contribution >= 4 is 5.97 Å². The van der Waals surface area contributed by atoms with Crippen LogP contribution in [0.15, 0.2) is 60.7 Å². The van der Waals surface area contributed by atoms with Crippen molar-refractivity contribution in [1.29, 1.82) is 0 Å². The lowest BCUT2D eigenvalue weighted by atomic mass is 9.78. The van der Waals surface area contributed by atoms with Crippen LogP contribution in [0.5, 0.6) is 11.5 Å². The number of aliphatic hydroxyl groups excluding tert-OH is 2. The predicted octanol–water partition coefficient (Wildman–Crippen LogP) is 4.02. The Morgan fingerprint density at radius 1 is 0.875 bits per heavy atom. The molecule has 2 unspecified atom stereocenters.